The Balaban J connectivity index is -0.0000000886. The summed E-state index contributed by atoms with van der Waals surface area (Å²) in [5.74, 6) is -0.833. The molecule has 0 spiro atoms. The average molecular weight is 160 g/mol. The van der Waals surface area contributed by atoms with Crippen LogP contribution in [0.4, 0.5) is 0 Å². The van der Waals surface area contributed by atoms with Gasteiger partial charge >= 0.3 is 0 Å². The number of hydrogen-bond acceptors (Lipinski definition) is 2. The highest BCUT2D eigenvalue weighted by Crippen LogP contribution is 1.46. The average Bonchev–Trinajstić information content (AvgIpc) is 1.88. The first kappa shape index (κ1) is 16.5. The molecule has 0 radical (unpaired) electrons. The van der Waals surface area contributed by atoms with Gasteiger partial charge in [-0.2, -0.15) is 0 Å². The van der Waals surface area contributed by atoms with Crippen LogP contribution in [0.5, 0.6) is 0 Å². The smallest absolute Gasteiger partial charge is 0.300 e. The summed E-state index contributed by atoms with van der Waals surface area (Å²) in [6.07, 6.45) is 3.18. The maximum Gasteiger partial charge on any atom is 0.300 e. The van der Waals surface area contributed by atoms with Crippen LogP contribution in [0.15, 0.2) is 25.3 Å². The molecule has 0 aromatic carbocycles. The summed E-state index contributed by atoms with van der Waals surface area (Å²) in [7, 11) is 0. The van der Waals surface area contributed by atoms with Gasteiger partial charge in [-0.25, -0.2) is 0 Å². The number of aliphatic hydroxyl groups is 1. The standard InChI is InChI=1S/C3H6O.C3H6.C2H4O2/c1-2-3-4;1-3-2;1-2(3)4/h2,4H,1,3H2;3H,1H2,2H3;1H3,(H,3,4). The van der Waals surface area contributed by atoms with E-state index in [-0.39, 0.29) is 6.61 Å². The zero-order valence-corrected chi connectivity index (χ0v) is 7.08. The molecule has 3 heteroatoms. The number of aliphatic hydroxyl groups excluding tert-OH is 1. The van der Waals surface area contributed by atoms with E-state index in [1.165, 1.54) is 6.08 Å². The second-order valence-electron chi connectivity index (χ2n) is 1.40. The second-order valence-corrected chi connectivity index (χ2v) is 1.40. The number of carboxylic acid groups (broad SMARTS) is 1. The first-order chi connectivity index (χ1) is 5.06. The van der Waals surface area contributed by atoms with Crippen molar-refractivity contribution >= 4 is 5.97 Å². The van der Waals surface area contributed by atoms with Crippen molar-refractivity contribution in [2.45, 2.75) is 13.8 Å². The largest absolute Gasteiger partial charge is 0.481 e. The SMILES string of the molecule is C=CC.C=CCO.CC(=O)O. The van der Waals surface area contributed by atoms with Gasteiger partial charge in [-0.3, -0.25) is 4.79 Å². The van der Waals surface area contributed by atoms with Gasteiger partial charge in [0, 0.05) is 6.92 Å². The summed E-state index contributed by atoms with van der Waals surface area (Å²) >= 11 is 0. The van der Waals surface area contributed by atoms with Crippen LogP contribution in [0.3, 0.4) is 0 Å². The minimum absolute atomic E-state index is 0.0833. The van der Waals surface area contributed by atoms with Gasteiger partial charge in [-0.15, -0.1) is 13.2 Å². The van der Waals surface area contributed by atoms with Crippen LogP contribution in [-0.4, -0.2) is 22.8 Å². The predicted octanol–water partition coefficient (Wildman–Crippen LogP) is 1.45. The predicted molar refractivity (Wildman–Crippen MR) is 46.5 cm³/mol. The fraction of sp³-hybridized carbons (Fsp3) is 0.375. The van der Waals surface area contributed by atoms with Crippen LogP contribution in [0.25, 0.3) is 0 Å². The topological polar surface area (TPSA) is 57.5 Å². The van der Waals surface area contributed by atoms with Crippen LogP contribution >= 0.6 is 0 Å². The first-order valence-corrected chi connectivity index (χ1v) is 3.05. The molecule has 3 nitrogen and oxygen atoms in total. The maximum absolute atomic E-state index is 9.00. The third-order valence-electron chi connectivity index (χ3n) is 0.129. The Morgan fingerprint density at radius 3 is 1.64 bits per heavy atom. The number of allylic oxidation sites excluding steroid dienone is 1. The molecule has 11 heavy (non-hydrogen) atoms. The van der Waals surface area contributed by atoms with Crippen molar-refractivity contribution in [3.63, 3.8) is 0 Å². The minimum Gasteiger partial charge on any atom is -0.481 e. The van der Waals surface area contributed by atoms with Gasteiger partial charge in [0.05, 0.1) is 6.61 Å². The molecular weight excluding hydrogens is 144 g/mol. The molecule has 0 aromatic rings. The molecule has 0 unspecified atom stereocenters. The van der Waals surface area contributed by atoms with Crippen LogP contribution in [0, 0.1) is 0 Å². The van der Waals surface area contributed by atoms with Crippen LogP contribution in [-0.2, 0) is 4.79 Å². The molecule has 0 heterocycles. The van der Waals surface area contributed by atoms with Gasteiger partial charge in [0.1, 0.15) is 0 Å². The van der Waals surface area contributed by atoms with E-state index in [0.29, 0.717) is 0 Å². The lowest BCUT2D eigenvalue weighted by atomic mass is 10.7. The molecule has 0 aliphatic heterocycles. The number of carboxylic acids is 1. The molecule has 0 saturated heterocycles. The third kappa shape index (κ3) is 52500. The quantitative estimate of drug-likeness (QED) is 0.571. The lowest BCUT2D eigenvalue weighted by Crippen LogP contribution is -1.78. The van der Waals surface area contributed by atoms with E-state index in [2.05, 4.69) is 13.2 Å². The fourth-order valence-corrected chi connectivity index (χ4v) is 0. The molecule has 0 fully saturated rings. The monoisotopic (exact) mass is 160 g/mol. The summed E-state index contributed by atoms with van der Waals surface area (Å²) in [4.78, 5) is 9.00. The highest BCUT2D eigenvalue weighted by molar-refractivity contribution is 5.62. The van der Waals surface area contributed by atoms with Crippen molar-refractivity contribution in [2.24, 2.45) is 0 Å². The molecule has 0 aliphatic carbocycles. The van der Waals surface area contributed by atoms with Gasteiger partial charge in [0.25, 0.3) is 5.97 Å². The molecule has 0 aromatic heterocycles. The van der Waals surface area contributed by atoms with Gasteiger partial charge in [-0.05, 0) is 6.92 Å². The number of aliphatic carboxylic acids is 1. The van der Waals surface area contributed by atoms with Crippen molar-refractivity contribution in [1.29, 1.82) is 0 Å². The van der Waals surface area contributed by atoms with Crippen LogP contribution in [0.2, 0.25) is 0 Å². The molecule has 66 valence electrons. The normalized spacial score (nSPS) is 5.73. The molecule has 2 N–H and O–H groups in total. The molecule has 0 atom stereocenters. The summed E-state index contributed by atoms with van der Waals surface area (Å²) < 4.78 is 0. The highest BCUT2D eigenvalue weighted by Gasteiger charge is 1.65. The Kier molecular flexibility index (Phi) is 34.6. The first-order valence-electron chi connectivity index (χ1n) is 3.05. The zero-order chi connectivity index (χ0) is 9.70. The van der Waals surface area contributed by atoms with Crippen molar-refractivity contribution in [2.75, 3.05) is 6.61 Å². The Hall–Kier alpha value is -1.09. The van der Waals surface area contributed by atoms with Crippen molar-refractivity contribution < 1.29 is 15.0 Å². The van der Waals surface area contributed by atoms with Gasteiger partial charge in [0.2, 0.25) is 0 Å². The summed E-state index contributed by atoms with van der Waals surface area (Å²) in [6, 6.07) is 0. The molecule has 0 rings (SSSR count). The Morgan fingerprint density at radius 1 is 1.55 bits per heavy atom. The summed E-state index contributed by atoms with van der Waals surface area (Å²) in [6.45, 7) is 9.65. The van der Waals surface area contributed by atoms with E-state index in [4.69, 9.17) is 15.0 Å². The second kappa shape index (κ2) is 23.1. The van der Waals surface area contributed by atoms with E-state index in [0.717, 1.165) is 6.92 Å². The number of rotatable bonds is 1. The fourth-order valence-electron chi connectivity index (χ4n) is 0. The zero-order valence-electron chi connectivity index (χ0n) is 7.08. The van der Waals surface area contributed by atoms with E-state index in [9.17, 15) is 0 Å². The Bertz CT molecular complexity index is 93.5. The van der Waals surface area contributed by atoms with Gasteiger partial charge in [-0.1, -0.05) is 12.2 Å². The Labute approximate surface area is 67.7 Å². The number of hydrogen-bond donors (Lipinski definition) is 2. The molecule has 0 amide bonds. The maximum atomic E-state index is 9.00. The van der Waals surface area contributed by atoms with Gasteiger partial charge in [0.15, 0.2) is 0 Å². The lowest BCUT2D eigenvalue weighted by Gasteiger charge is -1.60. The third-order valence-corrected chi connectivity index (χ3v) is 0.129. The van der Waals surface area contributed by atoms with E-state index >= 15 is 0 Å². The minimum atomic E-state index is -0.833. The van der Waals surface area contributed by atoms with Crippen LogP contribution in [0.1, 0.15) is 13.8 Å². The highest BCUT2D eigenvalue weighted by atomic mass is 16.4. The molecule has 0 bridgehead atoms. The van der Waals surface area contributed by atoms with E-state index in [1.807, 2.05) is 6.92 Å². The van der Waals surface area contributed by atoms with E-state index in [1.54, 1.807) is 6.08 Å². The summed E-state index contributed by atoms with van der Waals surface area (Å²) in [5, 5.41) is 15.2. The molecule has 0 aliphatic rings. The van der Waals surface area contributed by atoms with Crippen molar-refractivity contribution in [3.05, 3.63) is 25.3 Å². The Morgan fingerprint density at radius 2 is 1.64 bits per heavy atom. The van der Waals surface area contributed by atoms with Crippen molar-refractivity contribution in [3.8, 4) is 0 Å². The van der Waals surface area contributed by atoms with Crippen molar-refractivity contribution in [1.82, 2.24) is 0 Å². The number of carbonyl (C=O) groups is 1. The van der Waals surface area contributed by atoms with Gasteiger partial charge < -0.3 is 10.2 Å². The lowest BCUT2D eigenvalue weighted by molar-refractivity contribution is -0.134. The molecule has 0 saturated carbocycles. The van der Waals surface area contributed by atoms with Crippen LogP contribution < -0.4 is 0 Å². The summed E-state index contributed by atoms with van der Waals surface area (Å²) in [5.41, 5.74) is 0. The van der Waals surface area contributed by atoms with E-state index < -0.39 is 5.97 Å². The molecular formula is C8H16O3.